The van der Waals surface area contributed by atoms with E-state index in [1.54, 1.807) is 11.9 Å². The fourth-order valence-corrected chi connectivity index (χ4v) is 2.92. The van der Waals surface area contributed by atoms with Gasteiger partial charge in [-0.3, -0.25) is 4.79 Å². The van der Waals surface area contributed by atoms with Crippen LogP contribution in [0.3, 0.4) is 0 Å². The van der Waals surface area contributed by atoms with Crippen molar-refractivity contribution in [3.8, 4) is 11.8 Å². The number of rotatable bonds is 7. The van der Waals surface area contributed by atoms with E-state index in [0.717, 1.165) is 24.2 Å². The van der Waals surface area contributed by atoms with Crippen molar-refractivity contribution in [2.75, 3.05) is 7.05 Å². The molecule has 0 saturated heterocycles. The van der Waals surface area contributed by atoms with Gasteiger partial charge in [-0.15, -0.1) is 0 Å². The molecule has 0 N–H and O–H groups in total. The molecule has 0 spiro atoms. The topological polar surface area (TPSA) is 53.3 Å². The van der Waals surface area contributed by atoms with Gasteiger partial charge in [0.15, 0.2) is 0 Å². The Hall–Kier alpha value is -2.02. The molecule has 0 radical (unpaired) electrons. The van der Waals surface area contributed by atoms with E-state index in [2.05, 4.69) is 6.07 Å². The molecule has 0 heterocycles. The van der Waals surface area contributed by atoms with E-state index < -0.39 is 0 Å². The van der Waals surface area contributed by atoms with Gasteiger partial charge in [0.2, 0.25) is 5.91 Å². The summed E-state index contributed by atoms with van der Waals surface area (Å²) in [5, 5.41) is 8.72. The van der Waals surface area contributed by atoms with Crippen molar-refractivity contribution < 1.29 is 9.53 Å². The number of nitrogens with zero attached hydrogens (tertiary/aromatic N) is 2. The highest BCUT2D eigenvalue weighted by molar-refractivity contribution is 5.76. The summed E-state index contributed by atoms with van der Waals surface area (Å²) in [7, 11) is 1.77. The lowest BCUT2D eigenvalue weighted by atomic mass is 10.1. The Balaban J connectivity index is 1.85. The molecular formula is C19H26N2O2. The Labute approximate surface area is 139 Å². The van der Waals surface area contributed by atoms with Crippen LogP contribution in [0.25, 0.3) is 0 Å². The number of carbonyl (C=O) groups is 1. The normalized spacial score (nSPS) is 15.9. The third-order valence-electron chi connectivity index (χ3n) is 4.57. The number of carbonyl (C=O) groups excluding carboxylic acids is 1. The van der Waals surface area contributed by atoms with E-state index >= 15 is 0 Å². The average Bonchev–Trinajstić information content (AvgIpc) is 3.05. The minimum atomic E-state index is -0.0375. The number of hydrogen-bond acceptors (Lipinski definition) is 3. The first-order valence-corrected chi connectivity index (χ1v) is 8.48. The highest BCUT2D eigenvalue weighted by Gasteiger charge is 2.17. The van der Waals surface area contributed by atoms with E-state index in [-0.39, 0.29) is 11.9 Å². The molecule has 0 aromatic heterocycles. The number of hydrogen-bond donors (Lipinski definition) is 0. The van der Waals surface area contributed by atoms with E-state index in [1.165, 1.54) is 12.8 Å². The Kier molecular flexibility index (Phi) is 6.46. The molecule has 124 valence electrons. The minimum Gasteiger partial charge on any atom is -0.490 e. The van der Waals surface area contributed by atoms with Crippen molar-refractivity contribution in [2.24, 2.45) is 0 Å². The molecule has 1 aliphatic carbocycles. The highest BCUT2D eigenvalue weighted by atomic mass is 16.5. The quantitative estimate of drug-likeness (QED) is 0.771. The first-order chi connectivity index (χ1) is 11.1. The van der Waals surface area contributed by atoms with Crippen LogP contribution in [0.1, 0.15) is 51.0 Å². The molecule has 1 aromatic carbocycles. The molecule has 1 atom stereocenters. The SMILES string of the molecule is CC(CC#N)N(C)C(=O)CCc1cccc(OC2CCCC2)c1. The van der Waals surface area contributed by atoms with Crippen LogP contribution in [0.5, 0.6) is 5.75 Å². The Morgan fingerprint density at radius 3 is 2.87 bits per heavy atom. The summed E-state index contributed by atoms with van der Waals surface area (Å²) in [5.74, 6) is 0.989. The largest absolute Gasteiger partial charge is 0.490 e. The monoisotopic (exact) mass is 314 g/mol. The molecule has 1 saturated carbocycles. The zero-order valence-corrected chi connectivity index (χ0v) is 14.1. The lowest BCUT2D eigenvalue weighted by molar-refractivity contribution is -0.131. The predicted molar refractivity (Wildman–Crippen MR) is 90.1 cm³/mol. The van der Waals surface area contributed by atoms with Gasteiger partial charge in [-0.25, -0.2) is 0 Å². The average molecular weight is 314 g/mol. The number of nitriles is 1. The van der Waals surface area contributed by atoms with E-state index in [4.69, 9.17) is 10.00 Å². The molecular weight excluding hydrogens is 288 g/mol. The molecule has 0 aliphatic heterocycles. The fraction of sp³-hybridized carbons (Fsp3) is 0.579. The minimum absolute atomic E-state index is 0.0375. The molecule has 0 bridgehead atoms. The van der Waals surface area contributed by atoms with Crippen molar-refractivity contribution in [3.05, 3.63) is 29.8 Å². The van der Waals surface area contributed by atoms with Gasteiger partial charge in [0.05, 0.1) is 18.6 Å². The third kappa shape index (κ3) is 5.28. The molecule has 23 heavy (non-hydrogen) atoms. The van der Waals surface area contributed by atoms with Gasteiger partial charge in [-0.2, -0.15) is 5.26 Å². The molecule has 1 unspecified atom stereocenters. The Morgan fingerprint density at radius 1 is 1.43 bits per heavy atom. The van der Waals surface area contributed by atoms with Gasteiger partial charge in [0, 0.05) is 19.5 Å². The van der Waals surface area contributed by atoms with Crippen molar-refractivity contribution in [1.82, 2.24) is 4.90 Å². The second kappa shape index (κ2) is 8.57. The van der Waals surface area contributed by atoms with Crippen molar-refractivity contribution in [1.29, 1.82) is 5.26 Å². The summed E-state index contributed by atoms with van der Waals surface area (Å²) in [6, 6.07) is 10.1. The molecule has 1 fully saturated rings. The number of aryl methyl sites for hydroxylation is 1. The van der Waals surface area contributed by atoms with Crippen LogP contribution < -0.4 is 4.74 Å². The fourth-order valence-electron chi connectivity index (χ4n) is 2.92. The first-order valence-electron chi connectivity index (χ1n) is 8.48. The van der Waals surface area contributed by atoms with Gasteiger partial charge in [-0.1, -0.05) is 12.1 Å². The smallest absolute Gasteiger partial charge is 0.222 e. The van der Waals surface area contributed by atoms with E-state index in [1.807, 2.05) is 31.2 Å². The second-order valence-electron chi connectivity index (χ2n) is 6.39. The third-order valence-corrected chi connectivity index (χ3v) is 4.57. The van der Waals surface area contributed by atoms with Gasteiger partial charge in [-0.05, 0) is 56.7 Å². The molecule has 4 nitrogen and oxygen atoms in total. The zero-order valence-electron chi connectivity index (χ0n) is 14.1. The van der Waals surface area contributed by atoms with Crippen LogP contribution in [-0.4, -0.2) is 30.0 Å². The summed E-state index contributed by atoms with van der Waals surface area (Å²) in [6.45, 7) is 1.90. The van der Waals surface area contributed by atoms with Crippen LogP contribution in [-0.2, 0) is 11.2 Å². The van der Waals surface area contributed by atoms with Crippen LogP contribution in [0.4, 0.5) is 0 Å². The van der Waals surface area contributed by atoms with Crippen LogP contribution in [0.2, 0.25) is 0 Å². The van der Waals surface area contributed by atoms with Gasteiger partial charge in [0.25, 0.3) is 0 Å². The summed E-state index contributed by atoms with van der Waals surface area (Å²) >= 11 is 0. The van der Waals surface area contributed by atoms with E-state index in [0.29, 0.717) is 25.4 Å². The van der Waals surface area contributed by atoms with Crippen molar-refractivity contribution in [3.63, 3.8) is 0 Å². The van der Waals surface area contributed by atoms with Crippen molar-refractivity contribution >= 4 is 5.91 Å². The van der Waals surface area contributed by atoms with Crippen LogP contribution >= 0.6 is 0 Å². The number of amides is 1. The van der Waals surface area contributed by atoms with Gasteiger partial charge >= 0.3 is 0 Å². The molecule has 1 amide bonds. The summed E-state index contributed by atoms with van der Waals surface area (Å²) in [5.41, 5.74) is 1.12. The lowest BCUT2D eigenvalue weighted by Crippen LogP contribution is -2.34. The van der Waals surface area contributed by atoms with Crippen LogP contribution in [0.15, 0.2) is 24.3 Å². The number of ether oxygens (including phenoxy) is 1. The maximum Gasteiger partial charge on any atom is 0.222 e. The van der Waals surface area contributed by atoms with Gasteiger partial charge in [0.1, 0.15) is 5.75 Å². The maximum atomic E-state index is 12.2. The van der Waals surface area contributed by atoms with Crippen molar-refractivity contribution in [2.45, 2.75) is 64.0 Å². The summed E-state index contributed by atoms with van der Waals surface area (Å²) in [6.07, 6.45) is 6.67. The molecule has 1 aromatic rings. The Morgan fingerprint density at radius 2 is 2.17 bits per heavy atom. The lowest BCUT2D eigenvalue weighted by Gasteiger charge is -2.23. The summed E-state index contributed by atoms with van der Waals surface area (Å²) < 4.78 is 6.01. The molecule has 4 heteroatoms. The first kappa shape index (κ1) is 17.3. The van der Waals surface area contributed by atoms with Crippen LogP contribution in [0, 0.1) is 11.3 Å². The van der Waals surface area contributed by atoms with Gasteiger partial charge < -0.3 is 9.64 Å². The molecule has 1 aliphatic rings. The second-order valence-corrected chi connectivity index (χ2v) is 6.39. The number of benzene rings is 1. The summed E-state index contributed by atoms with van der Waals surface area (Å²) in [4.78, 5) is 13.9. The highest BCUT2D eigenvalue weighted by Crippen LogP contribution is 2.24. The standard InChI is InChI=1S/C19H26N2O2/c1-15(12-13-20)21(2)19(22)11-10-16-6-5-9-18(14-16)23-17-7-3-4-8-17/h5-6,9,14-15,17H,3-4,7-8,10-12H2,1-2H3. The molecule has 2 rings (SSSR count). The Bertz CT molecular complexity index is 559. The van der Waals surface area contributed by atoms with E-state index in [9.17, 15) is 4.79 Å². The maximum absolute atomic E-state index is 12.2. The predicted octanol–water partition coefficient (Wildman–Crippen LogP) is 3.70. The zero-order chi connectivity index (χ0) is 16.7.